The highest BCUT2D eigenvalue weighted by molar-refractivity contribution is 6.27. The molecule has 0 fully saturated rings. The van der Waals surface area contributed by atoms with E-state index in [1.165, 1.54) is 6.20 Å². The lowest BCUT2D eigenvalue weighted by atomic mass is 9.87. The van der Waals surface area contributed by atoms with Crippen molar-refractivity contribution in [2.24, 2.45) is 0 Å². The Morgan fingerprint density at radius 3 is 2.48 bits per heavy atom. The second-order valence-electron chi connectivity index (χ2n) is 5.05. The van der Waals surface area contributed by atoms with Gasteiger partial charge in [0.1, 0.15) is 17.2 Å². The first kappa shape index (κ1) is 13.5. The number of aromatic nitrogens is 1. The first-order valence-corrected chi connectivity index (χ1v) is 6.79. The normalized spacial score (nSPS) is 13.1. The molecule has 0 aliphatic heterocycles. The summed E-state index contributed by atoms with van der Waals surface area (Å²) in [5.41, 5.74) is 2.16. The van der Waals surface area contributed by atoms with Gasteiger partial charge in [0.15, 0.2) is 11.5 Å². The van der Waals surface area contributed by atoms with E-state index in [1.807, 2.05) is 6.92 Å². The summed E-state index contributed by atoms with van der Waals surface area (Å²) in [4.78, 5) is 29.4. The molecule has 2 aromatic heterocycles. The van der Waals surface area contributed by atoms with Crippen LogP contribution in [0, 0.1) is 20.8 Å². The van der Waals surface area contributed by atoms with Crippen LogP contribution in [-0.4, -0.2) is 23.2 Å². The number of hydrogen-bond donors (Lipinski definition) is 0. The molecule has 0 bridgehead atoms. The van der Waals surface area contributed by atoms with Gasteiger partial charge < -0.3 is 9.15 Å². The van der Waals surface area contributed by atoms with Crippen LogP contribution in [0.5, 0.6) is 5.75 Å². The van der Waals surface area contributed by atoms with E-state index in [9.17, 15) is 9.59 Å². The quantitative estimate of drug-likeness (QED) is 0.724. The molecular weight excluding hydrogens is 270 g/mol. The third-order valence-electron chi connectivity index (χ3n) is 3.85. The van der Waals surface area contributed by atoms with E-state index in [0.717, 1.165) is 0 Å². The van der Waals surface area contributed by atoms with E-state index in [0.29, 0.717) is 40.4 Å². The van der Waals surface area contributed by atoms with Gasteiger partial charge in [-0.15, -0.1) is 0 Å². The van der Waals surface area contributed by atoms with Crippen LogP contribution < -0.4 is 4.74 Å². The maximum Gasteiger partial charge on any atom is 0.248 e. The van der Waals surface area contributed by atoms with Gasteiger partial charge in [-0.2, -0.15) is 0 Å². The van der Waals surface area contributed by atoms with Gasteiger partial charge >= 0.3 is 0 Å². The van der Waals surface area contributed by atoms with Crippen LogP contribution in [0.25, 0.3) is 0 Å². The molecule has 0 saturated carbocycles. The largest absolute Gasteiger partial charge is 0.492 e. The van der Waals surface area contributed by atoms with Gasteiger partial charge in [0.05, 0.1) is 23.9 Å². The minimum absolute atomic E-state index is 0.0959. The van der Waals surface area contributed by atoms with E-state index in [4.69, 9.17) is 9.15 Å². The second kappa shape index (κ2) is 4.55. The molecule has 1 aliphatic rings. The number of aryl methyl sites for hydroxylation is 1. The molecule has 0 N–H and O–H groups in total. The van der Waals surface area contributed by atoms with Gasteiger partial charge in [-0.3, -0.25) is 9.59 Å². The number of carbonyl (C=O) groups excluding carboxylic acids is 2. The molecule has 5 heteroatoms. The highest BCUT2D eigenvalue weighted by atomic mass is 16.5. The molecule has 0 unspecified atom stereocenters. The van der Waals surface area contributed by atoms with E-state index in [2.05, 4.69) is 4.98 Å². The maximum absolute atomic E-state index is 12.8. The minimum atomic E-state index is -0.345. The zero-order chi connectivity index (χ0) is 15.3. The summed E-state index contributed by atoms with van der Waals surface area (Å²) in [5.74, 6) is 0.636. The van der Waals surface area contributed by atoms with E-state index < -0.39 is 0 Å². The van der Waals surface area contributed by atoms with Crippen LogP contribution in [0.3, 0.4) is 0 Å². The van der Waals surface area contributed by atoms with Crippen molar-refractivity contribution < 1.29 is 18.7 Å². The van der Waals surface area contributed by atoms with Gasteiger partial charge in [0.2, 0.25) is 5.78 Å². The number of hydrogen-bond acceptors (Lipinski definition) is 5. The summed E-state index contributed by atoms with van der Waals surface area (Å²) in [5, 5.41) is 0. The first-order valence-electron chi connectivity index (χ1n) is 6.79. The number of fused-ring (bicyclic) bond motifs is 2. The smallest absolute Gasteiger partial charge is 0.248 e. The average molecular weight is 285 g/mol. The lowest BCUT2D eigenvalue weighted by Gasteiger charge is -2.17. The Hall–Kier alpha value is -2.43. The van der Waals surface area contributed by atoms with Crippen molar-refractivity contribution in [1.82, 2.24) is 4.98 Å². The van der Waals surface area contributed by atoms with Gasteiger partial charge in [-0.1, -0.05) is 0 Å². The Labute approximate surface area is 121 Å². The number of pyridine rings is 1. The molecule has 1 aliphatic carbocycles. The van der Waals surface area contributed by atoms with Crippen LogP contribution in [0.4, 0.5) is 0 Å². The molecule has 21 heavy (non-hydrogen) atoms. The van der Waals surface area contributed by atoms with Crippen molar-refractivity contribution in [3.63, 3.8) is 0 Å². The SMILES string of the molecule is CCOc1cnc2c(c1C)C(=O)c1c(oc(C)c1C)C2=O. The van der Waals surface area contributed by atoms with Gasteiger partial charge in [0, 0.05) is 11.1 Å². The molecule has 2 heterocycles. The Bertz CT molecular complexity index is 786. The van der Waals surface area contributed by atoms with Crippen molar-refractivity contribution in [2.45, 2.75) is 27.7 Å². The topological polar surface area (TPSA) is 69.4 Å². The lowest BCUT2D eigenvalue weighted by Crippen LogP contribution is -2.23. The van der Waals surface area contributed by atoms with Crippen molar-refractivity contribution in [3.8, 4) is 5.75 Å². The van der Waals surface area contributed by atoms with Gasteiger partial charge in [0.25, 0.3) is 0 Å². The van der Waals surface area contributed by atoms with Crippen molar-refractivity contribution >= 4 is 11.6 Å². The monoisotopic (exact) mass is 285 g/mol. The fourth-order valence-corrected chi connectivity index (χ4v) is 2.63. The third kappa shape index (κ3) is 1.73. The Morgan fingerprint density at radius 2 is 1.81 bits per heavy atom. The summed E-state index contributed by atoms with van der Waals surface area (Å²) >= 11 is 0. The zero-order valence-corrected chi connectivity index (χ0v) is 12.4. The van der Waals surface area contributed by atoms with Gasteiger partial charge in [-0.05, 0) is 27.7 Å². The van der Waals surface area contributed by atoms with Crippen LogP contribution >= 0.6 is 0 Å². The summed E-state index contributed by atoms with van der Waals surface area (Å²) in [7, 11) is 0. The van der Waals surface area contributed by atoms with Crippen LogP contribution in [0.1, 0.15) is 56.0 Å². The van der Waals surface area contributed by atoms with E-state index in [1.54, 1.807) is 20.8 Å². The molecular formula is C16H15NO4. The predicted molar refractivity (Wildman–Crippen MR) is 75.2 cm³/mol. The highest BCUT2D eigenvalue weighted by Gasteiger charge is 2.38. The Balaban J connectivity index is 2.28. The van der Waals surface area contributed by atoms with E-state index >= 15 is 0 Å². The van der Waals surface area contributed by atoms with Crippen LogP contribution in [-0.2, 0) is 0 Å². The van der Waals surface area contributed by atoms with Gasteiger partial charge in [-0.25, -0.2) is 4.98 Å². The lowest BCUT2D eigenvalue weighted by molar-refractivity contribution is 0.0954. The molecule has 3 rings (SSSR count). The summed E-state index contributed by atoms with van der Waals surface area (Å²) in [6.45, 7) is 7.61. The number of nitrogens with zero attached hydrogens (tertiary/aromatic N) is 1. The first-order chi connectivity index (χ1) is 9.97. The fourth-order valence-electron chi connectivity index (χ4n) is 2.63. The number of ketones is 2. The zero-order valence-electron chi connectivity index (χ0n) is 12.4. The Kier molecular flexibility index (Phi) is 2.93. The summed E-state index contributed by atoms with van der Waals surface area (Å²) in [6, 6.07) is 0. The highest BCUT2D eigenvalue weighted by Crippen LogP contribution is 2.35. The predicted octanol–water partition coefficient (Wildman–Crippen LogP) is 2.77. The molecule has 0 amide bonds. The molecule has 0 radical (unpaired) electrons. The molecule has 5 nitrogen and oxygen atoms in total. The van der Waals surface area contributed by atoms with Crippen molar-refractivity contribution in [1.29, 1.82) is 0 Å². The van der Waals surface area contributed by atoms with Crippen molar-refractivity contribution in [2.75, 3.05) is 6.61 Å². The molecule has 2 aromatic rings. The van der Waals surface area contributed by atoms with E-state index in [-0.39, 0.29) is 23.0 Å². The standard InChI is InChI=1S/C16H15NO4/c1-5-20-10-6-17-13-11(8(10)3)14(18)12-7(2)9(4)21-16(12)15(13)19/h6H,5H2,1-4H3. The molecule has 0 atom stereocenters. The average Bonchev–Trinajstić information content (AvgIpc) is 2.75. The number of ether oxygens (including phenoxy) is 1. The summed E-state index contributed by atoms with van der Waals surface area (Å²) in [6.07, 6.45) is 1.48. The molecule has 108 valence electrons. The van der Waals surface area contributed by atoms with Crippen molar-refractivity contribution in [3.05, 3.63) is 45.7 Å². The molecule has 0 saturated heterocycles. The number of furan rings is 1. The van der Waals surface area contributed by atoms with Crippen LogP contribution in [0.2, 0.25) is 0 Å². The third-order valence-corrected chi connectivity index (χ3v) is 3.85. The summed E-state index contributed by atoms with van der Waals surface area (Å²) < 4.78 is 10.9. The molecule has 0 aromatic carbocycles. The maximum atomic E-state index is 12.8. The second-order valence-corrected chi connectivity index (χ2v) is 5.05. The number of rotatable bonds is 2. The molecule has 0 spiro atoms. The fraction of sp³-hybridized carbons (Fsp3) is 0.312. The Morgan fingerprint density at radius 1 is 1.10 bits per heavy atom. The minimum Gasteiger partial charge on any atom is -0.492 e. The van der Waals surface area contributed by atoms with Crippen LogP contribution in [0.15, 0.2) is 10.6 Å². The number of carbonyl (C=O) groups is 2.